The molecule has 0 saturated carbocycles. The largest absolute Gasteiger partial charge is 0.379 e. The minimum atomic E-state index is -0.433. The van der Waals surface area contributed by atoms with Crippen molar-refractivity contribution in [2.24, 2.45) is 0 Å². The number of benzene rings is 2. The van der Waals surface area contributed by atoms with Crippen molar-refractivity contribution in [3.05, 3.63) is 69.8 Å². The number of anilines is 1. The van der Waals surface area contributed by atoms with Crippen molar-refractivity contribution in [1.29, 1.82) is 0 Å². The minimum Gasteiger partial charge on any atom is -0.379 e. The van der Waals surface area contributed by atoms with Crippen molar-refractivity contribution in [3.8, 4) is 0 Å². The van der Waals surface area contributed by atoms with Gasteiger partial charge in [-0.05, 0) is 25.5 Å². The highest BCUT2D eigenvalue weighted by atomic mass is 16.6. The van der Waals surface area contributed by atoms with Gasteiger partial charge >= 0.3 is 0 Å². The molecule has 1 atom stereocenters. The summed E-state index contributed by atoms with van der Waals surface area (Å²) in [4.78, 5) is 28.1. The van der Waals surface area contributed by atoms with Crippen LogP contribution in [-0.2, 0) is 16.1 Å². The van der Waals surface area contributed by atoms with Gasteiger partial charge < -0.3 is 10.1 Å². The SMILES string of the molecule is Cc1ccc(NC(=O)CN(Cc2ccccc2)C(C)CN2CCOCC2)cc1[N+](=O)[O-]. The van der Waals surface area contributed by atoms with Gasteiger partial charge in [-0.1, -0.05) is 36.4 Å². The number of amides is 1. The lowest BCUT2D eigenvalue weighted by molar-refractivity contribution is -0.385. The molecule has 3 rings (SSSR count). The number of carbonyl (C=O) groups excluding carboxylic acids is 1. The number of rotatable bonds is 9. The maximum atomic E-state index is 12.8. The Bertz CT molecular complexity index is 884. The highest BCUT2D eigenvalue weighted by Crippen LogP contribution is 2.22. The number of hydrogen-bond acceptors (Lipinski definition) is 6. The van der Waals surface area contributed by atoms with E-state index in [-0.39, 0.29) is 24.2 Å². The molecule has 0 aliphatic carbocycles. The van der Waals surface area contributed by atoms with Crippen molar-refractivity contribution < 1.29 is 14.5 Å². The van der Waals surface area contributed by atoms with Crippen LogP contribution in [0.1, 0.15) is 18.1 Å². The molecule has 1 amide bonds. The average molecular weight is 427 g/mol. The second-order valence-corrected chi connectivity index (χ2v) is 7.96. The van der Waals surface area contributed by atoms with E-state index >= 15 is 0 Å². The number of nitro benzene ring substituents is 1. The molecule has 1 N–H and O–H groups in total. The molecule has 2 aromatic rings. The highest BCUT2D eigenvalue weighted by molar-refractivity contribution is 5.92. The predicted octanol–water partition coefficient (Wildman–Crippen LogP) is 3.06. The predicted molar refractivity (Wildman–Crippen MR) is 120 cm³/mol. The molecule has 31 heavy (non-hydrogen) atoms. The van der Waals surface area contributed by atoms with Gasteiger partial charge in [0.1, 0.15) is 0 Å². The molecule has 0 bridgehead atoms. The molecule has 0 radical (unpaired) electrons. The van der Waals surface area contributed by atoms with Crippen molar-refractivity contribution in [2.75, 3.05) is 44.7 Å². The Labute approximate surface area is 182 Å². The van der Waals surface area contributed by atoms with Gasteiger partial charge in [-0.25, -0.2) is 0 Å². The van der Waals surface area contributed by atoms with Gasteiger partial charge in [-0.3, -0.25) is 24.7 Å². The second kappa shape index (κ2) is 11.0. The summed E-state index contributed by atoms with van der Waals surface area (Å²) in [6, 6.07) is 15.0. The minimum absolute atomic E-state index is 0.000345. The van der Waals surface area contributed by atoms with E-state index in [1.54, 1.807) is 19.1 Å². The first-order chi connectivity index (χ1) is 14.9. The van der Waals surface area contributed by atoms with Gasteiger partial charge in [0, 0.05) is 49.5 Å². The Morgan fingerprint density at radius 3 is 2.61 bits per heavy atom. The Balaban J connectivity index is 1.68. The average Bonchev–Trinajstić information content (AvgIpc) is 2.76. The van der Waals surface area contributed by atoms with E-state index < -0.39 is 4.92 Å². The normalized spacial score (nSPS) is 15.6. The summed E-state index contributed by atoms with van der Waals surface area (Å²) < 4.78 is 5.44. The lowest BCUT2D eigenvalue weighted by Crippen LogP contribution is -2.47. The van der Waals surface area contributed by atoms with E-state index in [0.717, 1.165) is 38.4 Å². The van der Waals surface area contributed by atoms with Crippen LogP contribution in [0.5, 0.6) is 0 Å². The maximum absolute atomic E-state index is 12.8. The van der Waals surface area contributed by atoms with Crippen molar-refractivity contribution >= 4 is 17.3 Å². The molecule has 8 heteroatoms. The summed E-state index contributed by atoms with van der Waals surface area (Å²) in [5.74, 6) is -0.192. The van der Waals surface area contributed by atoms with E-state index in [2.05, 4.69) is 34.2 Å². The lowest BCUT2D eigenvalue weighted by atomic mass is 10.1. The van der Waals surface area contributed by atoms with E-state index in [1.165, 1.54) is 6.07 Å². The van der Waals surface area contributed by atoms with Gasteiger partial charge in [0.2, 0.25) is 5.91 Å². The van der Waals surface area contributed by atoms with Crippen molar-refractivity contribution in [1.82, 2.24) is 9.80 Å². The molecule has 8 nitrogen and oxygen atoms in total. The third kappa shape index (κ3) is 6.85. The molecule has 1 fully saturated rings. The molecule has 1 aliphatic rings. The molecule has 1 heterocycles. The van der Waals surface area contributed by atoms with Crippen LogP contribution in [0.4, 0.5) is 11.4 Å². The number of morpholine rings is 1. The van der Waals surface area contributed by atoms with Crippen LogP contribution in [0.2, 0.25) is 0 Å². The molecule has 1 aliphatic heterocycles. The van der Waals surface area contributed by atoms with E-state index in [1.807, 2.05) is 18.2 Å². The smallest absolute Gasteiger partial charge is 0.274 e. The Morgan fingerprint density at radius 2 is 1.94 bits per heavy atom. The summed E-state index contributed by atoms with van der Waals surface area (Å²) in [6.07, 6.45) is 0. The Morgan fingerprint density at radius 1 is 1.23 bits per heavy atom. The quantitative estimate of drug-likeness (QED) is 0.490. The molecule has 0 aromatic heterocycles. The zero-order valence-electron chi connectivity index (χ0n) is 18.1. The number of aryl methyl sites for hydroxylation is 1. The first kappa shape index (κ1) is 22.9. The number of nitrogens with zero attached hydrogens (tertiary/aromatic N) is 3. The highest BCUT2D eigenvalue weighted by Gasteiger charge is 2.22. The number of ether oxygens (including phenoxy) is 1. The van der Waals surface area contributed by atoms with Gasteiger partial charge in [0.05, 0.1) is 24.7 Å². The van der Waals surface area contributed by atoms with E-state index in [9.17, 15) is 14.9 Å². The topological polar surface area (TPSA) is 88.0 Å². The number of nitro groups is 1. The van der Waals surface area contributed by atoms with Crippen LogP contribution < -0.4 is 5.32 Å². The Hall–Kier alpha value is -2.81. The summed E-state index contributed by atoms with van der Waals surface area (Å²) in [7, 11) is 0. The molecular weight excluding hydrogens is 396 g/mol. The zero-order valence-corrected chi connectivity index (χ0v) is 18.1. The van der Waals surface area contributed by atoms with Crippen LogP contribution in [0, 0.1) is 17.0 Å². The first-order valence-corrected chi connectivity index (χ1v) is 10.6. The summed E-state index contributed by atoms with van der Waals surface area (Å²) in [5.41, 5.74) is 2.13. The standard InChI is InChI=1S/C23H30N4O4/c1-18-8-9-21(14-22(18)27(29)30)24-23(28)17-26(16-20-6-4-3-5-7-20)19(2)15-25-10-12-31-13-11-25/h3-9,14,19H,10-13,15-17H2,1-2H3,(H,24,28). The molecular formula is C23H30N4O4. The number of hydrogen-bond donors (Lipinski definition) is 1. The Kier molecular flexibility index (Phi) is 8.11. The zero-order chi connectivity index (χ0) is 22.2. The molecule has 166 valence electrons. The fourth-order valence-corrected chi connectivity index (χ4v) is 3.73. The summed E-state index contributed by atoms with van der Waals surface area (Å²) in [5, 5.41) is 14.0. The fourth-order valence-electron chi connectivity index (χ4n) is 3.73. The van der Waals surface area contributed by atoms with Gasteiger partial charge in [-0.2, -0.15) is 0 Å². The molecule has 0 spiro atoms. The second-order valence-electron chi connectivity index (χ2n) is 7.96. The summed E-state index contributed by atoms with van der Waals surface area (Å²) in [6.45, 7) is 8.75. The van der Waals surface area contributed by atoms with Crippen LogP contribution in [0.15, 0.2) is 48.5 Å². The number of nitrogens with one attached hydrogen (secondary N) is 1. The van der Waals surface area contributed by atoms with Crippen LogP contribution in [0.3, 0.4) is 0 Å². The molecule has 2 aromatic carbocycles. The van der Waals surface area contributed by atoms with Gasteiger partial charge in [0.25, 0.3) is 5.69 Å². The summed E-state index contributed by atoms with van der Waals surface area (Å²) >= 11 is 0. The fraction of sp³-hybridized carbons (Fsp3) is 0.435. The lowest BCUT2D eigenvalue weighted by Gasteiger charge is -2.34. The van der Waals surface area contributed by atoms with Crippen LogP contribution >= 0.6 is 0 Å². The van der Waals surface area contributed by atoms with Gasteiger partial charge in [0.15, 0.2) is 0 Å². The van der Waals surface area contributed by atoms with Crippen molar-refractivity contribution in [3.63, 3.8) is 0 Å². The molecule has 1 saturated heterocycles. The monoisotopic (exact) mass is 426 g/mol. The van der Waals surface area contributed by atoms with E-state index in [0.29, 0.717) is 17.8 Å². The number of carbonyl (C=O) groups is 1. The van der Waals surface area contributed by atoms with Crippen molar-refractivity contribution in [2.45, 2.75) is 26.4 Å². The third-order valence-electron chi connectivity index (χ3n) is 5.51. The first-order valence-electron chi connectivity index (χ1n) is 10.6. The van der Waals surface area contributed by atoms with E-state index in [4.69, 9.17) is 4.74 Å². The van der Waals surface area contributed by atoms with Gasteiger partial charge in [-0.15, -0.1) is 0 Å². The van der Waals surface area contributed by atoms with Crippen LogP contribution in [-0.4, -0.2) is 66.1 Å². The van der Waals surface area contributed by atoms with Crippen LogP contribution in [0.25, 0.3) is 0 Å². The maximum Gasteiger partial charge on any atom is 0.274 e. The molecule has 1 unspecified atom stereocenters. The third-order valence-corrected chi connectivity index (χ3v) is 5.51.